The van der Waals surface area contributed by atoms with Crippen LogP contribution in [0.4, 0.5) is 5.69 Å². The zero-order valence-corrected chi connectivity index (χ0v) is 12.2. The minimum atomic E-state index is 1.04. The summed E-state index contributed by atoms with van der Waals surface area (Å²) < 4.78 is 0. The lowest BCUT2D eigenvalue weighted by Crippen LogP contribution is -2.02. The van der Waals surface area contributed by atoms with E-state index in [0.29, 0.717) is 0 Å². The maximum absolute atomic E-state index is 3.66. The van der Waals surface area contributed by atoms with Crippen molar-refractivity contribution in [3.05, 3.63) is 66.3 Å². The number of nitrogens with one attached hydrogen (secondary N) is 1. The molecular formula is C18H25N. The highest BCUT2D eigenvalue weighted by Gasteiger charge is 1.95. The Hall–Kier alpha value is -1.76. The Morgan fingerprint density at radius 3 is 2.74 bits per heavy atom. The Morgan fingerprint density at radius 1 is 1.21 bits per heavy atom. The molecule has 1 aromatic carbocycles. The molecule has 1 heteroatoms. The molecular weight excluding hydrogens is 230 g/mol. The van der Waals surface area contributed by atoms with Crippen molar-refractivity contribution in [1.29, 1.82) is 0 Å². The van der Waals surface area contributed by atoms with Crippen molar-refractivity contribution < 1.29 is 0 Å². The quantitative estimate of drug-likeness (QED) is 0.493. The van der Waals surface area contributed by atoms with E-state index in [0.717, 1.165) is 13.0 Å². The molecule has 0 heterocycles. The van der Waals surface area contributed by atoms with Gasteiger partial charge < -0.3 is 5.32 Å². The van der Waals surface area contributed by atoms with E-state index in [9.17, 15) is 0 Å². The number of benzene rings is 1. The lowest BCUT2D eigenvalue weighted by Gasteiger charge is -2.09. The summed E-state index contributed by atoms with van der Waals surface area (Å²) in [6.07, 6.45) is 11.6. The van der Waals surface area contributed by atoms with E-state index >= 15 is 0 Å². The van der Waals surface area contributed by atoms with E-state index in [4.69, 9.17) is 0 Å². The molecule has 0 aliphatic carbocycles. The average Bonchev–Trinajstić information content (AvgIpc) is 2.41. The lowest BCUT2D eigenvalue weighted by molar-refractivity contribution is 0.757. The summed E-state index contributed by atoms with van der Waals surface area (Å²) in [5, 5.41) is 3.49. The van der Waals surface area contributed by atoms with Crippen LogP contribution in [0.3, 0.4) is 0 Å². The first-order valence-electron chi connectivity index (χ1n) is 6.98. The first kappa shape index (κ1) is 15.3. The molecule has 1 N–H and O–H groups in total. The third-order valence-corrected chi connectivity index (χ3v) is 3.09. The van der Waals surface area contributed by atoms with Crippen molar-refractivity contribution in [2.45, 2.75) is 33.1 Å². The fourth-order valence-electron chi connectivity index (χ4n) is 1.90. The molecule has 0 saturated heterocycles. The summed E-state index contributed by atoms with van der Waals surface area (Å²) in [4.78, 5) is 0. The van der Waals surface area contributed by atoms with E-state index in [2.05, 4.69) is 56.1 Å². The van der Waals surface area contributed by atoms with Gasteiger partial charge in [-0.3, -0.25) is 0 Å². The van der Waals surface area contributed by atoms with Gasteiger partial charge in [0.1, 0.15) is 0 Å². The SMILES string of the molecule is C=C/C=C\C=C(/C)CCCCNc1ccccc1C. The standard InChI is InChI=1S/C18H25N/c1-4-5-6-11-16(2)12-9-10-15-19-18-14-8-7-13-17(18)3/h4-8,11,13-14,19H,1,9-10,12,15H2,2-3H3/b6-5-,16-11+. The van der Waals surface area contributed by atoms with E-state index in [1.165, 1.54) is 29.7 Å². The smallest absolute Gasteiger partial charge is 0.0369 e. The molecule has 0 fully saturated rings. The molecule has 0 unspecified atom stereocenters. The van der Waals surface area contributed by atoms with Crippen molar-refractivity contribution in [1.82, 2.24) is 0 Å². The number of rotatable bonds is 8. The normalized spacial score (nSPS) is 11.8. The van der Waals surface area contributed by atoms with Crippen LogP contribution in [0.15, 0.2) is 60.7 Å². The van der Waals surface area contributed by atoms with Crippen LogP contribution in [0.2, 0.25) is 0 Å². The van der Waals surface area contributed by atoms with Crippen molar-refractivity contribution >= 4 is 5.69 Å². The fourth-order valence-corrected chi connectivity index (χ4v) is 1.90. The van der Waals surface area contributed by atoms with Crippen LogP contribution in [0, 0.1) is 6.92 Å². The van der Waals surface area contributed by atoms with Crippen molar-refractivity contribution in [2.24, 2.45) is 0 Å². The van der Waals surface area contributed by atoms with Crippen molar-refractivity contribution in [3.8, 4) is 0 Å². The molecule has 0 aromatic heterocycles. The largest absolute Gasteiger partial charge is 0.385 e. The lowest BCUT2D eigenvalue weighted by atomic mass is 10.1. The van der Waals surface area contributed by atoms with Crippen LogP contribution in [0.1, 0.15) is 31.7 Å². The number of hydrogen-bond acceptors (Lipinski definition) is 1. The molecule has 1 aromatic rings. The molecule has 0 aliphatic heterocycles. The summed E-state index contributed by atoms with van der Waals surface area (Å²) in [6.45, 7) is 9.02. The second kappa shape index (κ2) is 9.21. The van der Waals surface area contributed by atoms with Gasteiger partial charge in [-0.15, -0.1) is 0 Å². The predicted molar refractivity (Wildman–Crippen MR) is 86.6 cm³/mol. The Morgan fingerprint density at radius 2 is 2.00 bits per heavy atom. The van der Waals surface area contributed by atoms with Crippen LogP contribution in [-0.2, 0) is 0 Å². The summed E-state index contributed by atoms with van der Waals surface area (Å²) in [5.74, 6) is 0. The van der Waals surface area contributed by atoms with Gasteiger partial charge in [-0.25, -0.2) is 0 Å². The third-order valence-electron chi connectivity index (χ3n) is 3.09. The maximum Gasteiger partial charge on any atom is 0.0369 e. The van der Waals surface area contributed by atoms with E-state index in [1.807, 2.05) is 12.2 Å². The summed E-state index contributed by atoms with van der Waals surface area (Å²) in [7, 11) is 0. The van der Waals surface area contributed by atoms with E-state index < -0.39 is 0 Å². The number of unbranched alkanes of at least 4 members (excludes halogenated alkanes) is 1. The zero-order valence-electron chi connectivity index (χ0n) is 12.2. The average molecular weight is 255 g/mol. The Bertz CT molecular complexity index is 441. The molecule has 0 bridgehead atoms. The number of allylic oxidation sites excluding steroid dienone is 5. The summed E-state index contributed by atoms with van der Waals surface area (Å²) >= 11 is 0. The molecule has 0 spiro atoms. The zero-order chi connectivity index (χ0) is 13.9. The van der Waals surface area contributed by atoms with Gasteiger partial charge in [0.15, 0.2) is 0 Å². The second-order valence-electron chi connectivity index (χ2n) is 4.83. The number of aryl methyl sites for hydroxylation is 1. The highest BCUT2D eigenvalue weighted by Crippen LogP contribution is 2.13. The maximum atomic E-state index is 3.66. The topological polar surface area (TPSA) is 12.0 Å². The molecule has 0 aliphatic rings. The van der Waals surface area contributed by atoms with Crippen LogP contribution >= 0.6 is 0 Å². The number of hydrogen-bond donors (Lipinski definition) is 1. The van der Waals surface area contributed by atoms with Gasteiger partial charge in [0.25, 0.3) is 0 Å². The molecule has 102 valence electrons. The molecule has 0 atom stereocenters. The summed E-state index contributed by atoms with van der Waals surface area (Å²) in [6, 6.07) is 8.43. The van der Waals surface area contributed by atoms with Gasteiger partial charge in [-0.1, -0.05) is 54.7 Å². The van der Waals surface area contributed by atoms with Crippen LogP contribution in [0.5, 0.6) is 0 Å². The second-order valence-corrected chi connectivity index (χ2v) is 4.83. The molecule has 19 heavy (non-hydrogen) atoms. The van der Waals surface area contributed by atoms with Gasteiger partial charge in [0.05, 0.1) is 0 Å². The first-order valence-corrected chi connectivity index (χ1v) is 6.98. The Kier molecular flexibility index (Phi) is 7.41. The highest BCUT2D eigenvalue weighted by atomic mass is 14.9. The molecule has 1 nitrogen and oxygen atoms in total. The third kappa shape index (κ3) is 6.66. The molecule has 1 rings (SSSR count). The first-order chi connectivity index (χ1) is 9.24. The van der Waals surface area contributed by atoms with Crippen LogP contribution < -0.4 is 5.32 Å². The van der Waals surface area contributed by atoms with Crippen LogP contribution in [0.25, 0.3) is 0 Å². The Labute approximate surface area is 117 Å². The highest BCUT2D eigenvalue weighted by molar-refractivity contribution is 5.50. The van der Waals surface area contributed by atoms with E-state index in [-0.39, 0.29) is 0 Å². The Balaban J connectivity index is 2.18. The molecule has 0 radical (unpaired) electrons. The minimum absolute atomic E-state index is 1.04. The van der Waals surface area contributed by atoms with Crippen molar-refractivity contribution in [3.63, 3.8) is 0 Å². The summed E-state index contributed by atoms with van der Waals surface area (Å²) in [5.41, 5.74) is 3.99. The fraction of sp³-hybridized carbons (Fsp3) is 0.333. The van der Waals surface area contributed by atoms with E-state index in [1.54, 1.807) is 6.08 Å². The molecule has 0 amide bonds. The van der Waals surface area contributed by atoms with Crippen molar-refractivity contribution in [2.75, 3.05) is 11.9 Å². The number of para-hydroxylation sites is 1. The predicted octanol–water partition coefficient (Wildman–Crippen LogP) is 5.27. The van der Waals surface area contributed by atoms with Crippen LogP contribution in [-0.4, -0.2) is 6.54 Å². The monoisotopic (exact) mass is 255 g/mol. The van der Waals surface area contributed by atoms with Gasteiger partial charge in [0, 0.05) is 12.2 Å². The van der Waals surface area contributed by atoms with Gasteiger partial charge in [-0.05, 0) is 44.7 Å². The van der Waals surface area contributed by atoms with Gasteiger partial charge in [0.2, 0.25) is 0 Å². The number of anilines is 1. The van der Waals surface area contributed by atoms with Gasteiger partial charge >= 0.3 is 0 Å². The minimum Gasteiger partial charge on any atom is -0.385 e. The molecule has 0 saturated carbocycles. The van der Waals surface area contributed by atoms with Gasteiger partial charge in [-0.2, -0.15) is 0 Å².